The number of hydrogen-bond acceptors (Lipinski definition) is 9. The number of Topliss-reactive ketones (excluding diaryl/α,β-unsaturated/α-hetero) is 2. The molecule has 4 aliphatic rings. The lowest BCUT2D eigenvalue weighted by Gasteiger charge is -2.36. The Morgan fingerprint density at radius 1 is 0.360 bits per heavy atom. The van der Waals surface area contributed by atoms with Crippen molar-refractivity contribution in [3.63, 3.8) is 0 Å². The van der Waals surface area contributed by atoms with Crippen LogP contribution in [0.15, 0.2) is 229 Å². The van der Waals surface area contributed by atoms with E-state index in [1.54, 1.807) is 70.4 Å². The van der Waals surface area contributed by atoms with Crippen molar-refractivity contribution in [2.45, 2.75) is 38.5 Å². The summed E-state index contributed by atoms with van der Waals surface area (Å²) in [5, 5.41) is 40.4. The van der Waals surface area contributed by atoms with Crippen LogP contribution in [0.2, 0.25) is 0 Å². The first-order chi connectivity index (χ1) is 43.4. The molecule has 11 aromatic rings. The molecule has 15 rings (SSSR count). The fraction of sp³-hybridized carbons (Fsp3) is 0.0750. The van der Waals surface area contributed by atoms with Crippen LogP contribution in [0.4, 0.5) is 0 Å². The van der Waals surface area contributed by atoms with Gasteiger partial charge in [-0.15, -0.1) is 34.0 Å². The van der Waals surface area contributed by atoms with Gasteiger partial charge in [0.1, 0.15) is 35.4 Å². The van der Waals surface area contributed by atoms with Crippen LogP contribution < -0.4 is 0 Å². The molecular weight excluding hydrogens is 1150 g/mol. The lowest BCUT2D eigenvalue weighted by molar-refractivity contribution is 0.103. The van der Waals surface area contributed by atoms with Crippen LogP contribution in [0.25, 0.3) is 65.1 Å². The number of fused-ring (bicyclic) bond motifs is 8. The molecule has 0 bridgehead atoms. The Morgan fingerprint density at radius 2 is 0.753 bits per heavy atom. The van der Waals surface area contributed by atoms with E-state index in [9.17, 15) is 30.6 Å². The molecule has 0 N–H and O–H groups in total. The Morgan fingerprint density at radius 3 is 1.21 bits per heavy atom. The third kappa shape index (κ3) is 8.22. The maximum Gasteiger partial charge on any atom is 0.194 e. The highest BCUT2D eigenvalue weighted by Gasteiger charge is 2.52. The van der Waals surface area contributed by atoms with Crippen LogP contribution in [0.5, 0.6) is 0 Å². The van der Waals surface area contributed by atoms with Gasteiger partial charge in [-0.1, -0.05) is 180 Å². The number of benzene rings is 8. The molecule has 0 fully saturated rings. The van der Waals surface area contributed by atoms with Gasteiger partial charge < -0.3 is 0 Å². The largest absolute Gasteiger partial charge is 0.289 e. The van der Waals surface area contributed by atoms with Gasteiger partial charge in [-0.25, -0.2) is 0 Å². The number of carbonyl (C=O) groups is 2. The maximum absolute atomic E-state index is 14.1. The zero-order chi connectivity index (χ0) is 61.0. The van der Waals surface area contributed by atoms with E-state index in [0.717, 1.165) is 96.7 Å². The van der Waals surface area contributed by atoms with Crippen LogP contribution in [0, 0.1) is 73.0 Å². The fourth-order valence-electron chi connectivity index (χ4n) is 14.1. The van der Waals surface area contributed by atoms with Crippen molar-refractivity contribution in [2.75, 3.05) is 0 Å². The number of aryl methyl sites for hydroxylation is 4. The first-order valence-corrected chi connectivity index (χ1v) is 31.6. The lowest BCUT2D eigenvalue weighted by Crippen LogP contribution is -2.30. The Hall–Kier alpha value is -10.9. The van der Waals surface area contributed by atoms with Crippen molar-refractivity contribution in [2.24, 2.45) is 0 Å². The van der Waals surface area contributed by atoms with Crippen LogP contribution in [-0.4, -0.2) is 11.6 Å². The minimum absolute atomic E-state index is 0.0920. The van der Waals surface area contributed by atoms with Gasteiger partial charge in [0.2, 0.25) is 0 Å². The summed E-state index contributed by atoms with van der Waals surface area (Å²) in [7, 11) is 0. The van der Waals surface area contributed by atoms with Crippen LogP contribution in [0.1, 0.15) is 108 Å². The van der Waals surface area contributed by atoms with E-state index >= 15 is 0 Å². The van der Waals surface area contributed by atoms with E-state index < -0.39 is 10.8 Å². The number of thiophene rings is 3. The van der Waals surface area contributed by atoms with Crippen LogP contribution in [-0.2, 0) is 10.8 Å². The molecule has 3 heterocycles. The van der Waals surface area contributed by atoms with E-state index in [-0.39, 0.29) is 22.7 Å². The van der Waals surface area contributed by atoms with Crippen molar-refractivity contribution in [1.29, 1.82) is 21.0 Å². The normalized spacial score (nSPS) is 15.1. The number of hydrogen-bond donors (Lipinski definition) is 0. The molecule has 0 amide bonds. The monoisotopic (exact) mass is 1190 g/mol. The number of allylic oxidation sites excluding steroid dienone is 6. The maximum atomic E-state index is 14.1. The highest BCUT2D eigenvalue weighted by Crippen LogP contribution is 2.65. The highest BCUT2D eigenvalue weighted by molar-refractivity contribution is 7.24. The second kappa shape index (κ2) is 20.9. The van der Waals surface area contributed by atoms with Crippen LogP contribution in [0.3, 0.4) is 0 Å². The average Bonchev–Trinajstić information content (AvgIpc) is 1.52. The predicted octanol–water partition coefficient (Wildman–Crippen LogP) is 19.3. The summed E-state index contributed by atoms with van der Waals surface area (Å²) in [4.78, 5) is 34.1. The summed E-state index contributed by atoms with van der Waals surface area (Å²) in [5.74, 6) is -0.420. The number of nitriles is 4. The molecule has 6 nitrogen and oxygen atoms in total. The van der Waals surface area contributed by atoms with Gasteiger partial charge in [-0.05, 0) is 166 Å². The zero-order valence-electron chi connectivity index (χ0n) is 48.6. The van der Waals surface area contributed by atoms with Crippen molar-refractivity contribution >= 4 is 68.9 Å². The molecule has 0 atom stereocenters. The van der Waals surface area contributed by atoms with E-state index in [2.05, 4.69) is 198 Å². The molecule has 0 unspecified atom stereocenters. The molecule has 0 saturated carbocycles. The summed E-state index contributed by atoms with van der Waals surface area (Å²) in [6.45, 7) is 8.53. The highest BCUT2D eigenvalue weighted by atomic mass is 32.1. The quantitative estimate of drug-likeness (QED) is 0.110. The van der Waals surface area contributed by atoms with Crippen LogP contribution >= 0.6 is 34.0 Å². The number of carbonyl (C=O) groups excluding carboxylic acids is 2. The summed E-state index contributed by atoms with van der Waals surface area (Å²) >= 11 is 4.93. The third-order valence-electron chi connectivity index (χ3n) is 18.2. The molecule has 89 heavy (non-hydrogen) atoms. The second-order valence-electron chi connectivity index (χ2n) is 23.2. The summed E-state index contributed by atoms with van der Waals surface area (Å²) in [6, 6.07) is 81.2. The van der Waals surface area contributed by atoms with Gasteiger partial charge in [0.25, 0.3) is 0 Å². The standard InChI is InChI=1S/C80H48N4O2S3/c1-45-13-22-52(23-14-45)79(53-24-15-46(2)16-25-53)67-35-49(71-33-30-56(87-71)36-65-74(50(41-81)42-82)59-9-5-7-11-61(59)76(65)85)21-32-58(67)63-38-69-64(39-68(63)79)78-70(80(69,54-26-17-47(3)18-27-54)55-28-19-48(4)20-29-55)40-73(89-78)72-34-31-57(88-72)37-66-75(51(43-83)44-84)60-10-6-8-12-62(60)77(66)86/h5-40H,1-4H3/b65-36-,66-37-. The number of nitrogens with zero attached hydrogens (tertiary/aromatic N) is 4. The minimum atomic E-state index is -0.803. The summed E-state index contributed by atoms with van der Waals surface area (Å²) < 4.78 is 0. The molecule has 3 aromatic heterocycles. The topological polar surface area (TPSA) is 129 Å². The first-order valence-electron chi connectivity index (χ1n) is 29.2. The Labute approximate surface area is 527 Å². The van der Waals surface area contributed by atoms with E-state index in [1.165, 1.54) is 21.6 Å². The van der Waals surface area contributed by atoms with E-state index in [1.807, 2.05) is 36.4 Å². The number of ketones is 2. The van der Waals surface area contributed by atoms with Crippen molar-refractivity contribution < 1.29 is 9.59 Å². The van der Waals surface area contributed by atoms with Gasteiger partial charge >= 0.3 is 0 Å². The van der Waals surface area contributed by atoms with Crippen molar-refractivity contribution in [1.82, 2.24) is 0 Å². The SMILES string of the molecule is Cc1ccc(C2(c3ccc(C)cc3)c3cc(-c4ccc(/C=C5\C(=O)c6ccccc6C5=C(C#N)C#N)s4)ccc3-c3cc4c(cc32)-c2sc(-c3ccc(/C=C5\C(=O)c6ccccc6C5=C(C#N)C#N)s3)cc2C4(c2ccc(C)cc2)c2ccc(C)cc2)cc1. The molecule has 0 radical (unpaired) electrons. The second-order valence-corrected chi connectivity index (χ2v) is 26.5. The van der Waals surface area contributed by atoms with Crippen molar-refractivity contribution in [3.05, 3.63) is 327 Å². The number of rotatable bonds is 8. The minimum Gasteiger partial charge on any atom is -0.289 e. The molecule has 0 spiro atoms. The smallest absolute Gasteiger partial charge is 0.194 e. The van der Waals surface area contributed by atoms with Gasteiger partial charge in [0.05, 0.1) is 10.8 Å². The average molecular weight is 1190 g/mol. The van der Waals surface area contributed by atoms with E-state index in [4.69, 9.17) is 0 Å². The Kier molecular flexibility index (Phi) is 12.9. The fourth-order valence-corrected chi connectivity index (χ4v) is 17.3. The molecule has 0 saturated heterocycles. The molecule has 4 aliphatic carbocycles. The summed E-state index contributed by atoms with van der Waals surface area (Å²) in [6.07, 6.45) is 3.67. The Bertz CT molecular complexity index is 5120. The first kappa shape index (κ1) is 54.8. The van der Waals surface area contributed by atoms with Gasteiger partial charge in [-0.3, -0.25) is 9.59 Å². The predicted molar refractivity (Wildman–Crippen MR) is 358 cm³/mol. The molecule has 418 valence electrons. The van der Waals surface area contributed by atoms with Gasteiger partial charge in [0.15, 0.2) is 11.6 Å². The summed E-state index contributed by atoms with van der Waals surface area (Å²) in [5.41, 5.74) is 20.2. The zero-order valence-corrected chi connectivity index (χ0v) is 51.1. The molecule has 8 aromatic carbocycles. The van der Waals surface area contributed by atoms with Gasteiger partial charge in [-0.2, -0.15) is 21.0 Å². The van der Waals surface area contributed by atoms with Crippen molar-refractivity contribution in [3.8, 4) is 66.0 Å². The third-order valence-corrected chi connectivity index (χ3v) is 21.7. The Balaban J connectivity index is 0.951. The molecular formula is C80H48N4O2S3. The van der Waals surface area contributed by atoms with Gasteiger partial charge in [0, 0.05) is 62.7 Å². The molecule has 9 heteroatoms. The molecule has 0 aliphatic heterocycles. The lowest BCUT2D eigenvalue weighted by atomic mass is 9.65. The van der Waals surface area contributed by atoms with E-state index in [0.29, 0.717) is 44.5 Å².